The molecule has 0 aliphatic rings. The van der Waals surface area contributed by atoms with Crippen LogP contribution >= 0.6 is 21.6 Å². The molecule has 0 atom stereocenters. The van der Waals surface area contributed by atoms with Gasteiger partial charge in [0, 0.05) is 18.6 Å². The van der Waals surface area contributed by atoms with Crippen LogP contribution in [0.1, 0.15) is 12.8 Å². The van der Waals surface area contributed by atoms with Gasteiger partial charge in [0.25, 0.3) is 0 Å². The molecular weight excluding hydrogens is 292 g/mol. The van der Waals surface area contributed by atoms with Crippen molar-refractivity contribution in [3.63, 3.8) is 0 Å². The predicted molar refractivity (Wildman–Crippen MR) is 76.7 cm³/mol. The second kappa shape index (κ2) is 17.7. The van der Waals surface area contributed by atoms with Gasteiger partial charge in [-0.3, -0.25) is 0 Å². The highest BCUT2D eigenvalue weighted by Crippen LogP contribution is 2.23. The molecule has 0 aromatic carbocycles. The first-order valence-electron chi connectivity index (χ1n) is 5.76. The average Bonchev–Trinajstić information content (AvgIpc) is 2.39. The van der Waals surface area contributed by atoms with Crippen LogP contribution in [0.4, 0.5) is 0 Å². The first-order valence-corrected chi connectivity index (χ1v) is 9.36. The maximum Gasteiger partial charge on any atom is 0.232 e. The number of ether oxygens (including phenoxy) is 3. The Labute approximate surface area is 120 Å². The minimum absolute atomic E-state index is 0.174. The summed E-state index contributed by atoms with van der Waals surface area (Å²) in [6.07, 6.45) is 2.15. The largest absolute Gasteiger partial charge is 0.395 e. The van der Waals surface area contributed by atoms with Gasteiger partial charge in [0.15, 0.2) is 0 Å². The standard InChI is InChI=1S/C10H22O5S2Si/c1-12-9-14-10-15-18-7-3-6-17-16-5-2-4-13-8-11/h11H,2-10H2,1H3. The van der Waals surface area contributed by atoms with Crippen molar-refractivity contribution in [3.8, 4) is 0 Å². The summed E-state index contributed by atoms with van der Waals surface area (Å²) in [7, 11) is 5.83. The molecule has 0 aliphatic carbocycles. The maximum absolute atomic E-state index is 8.40. The highest BCUT2D eigenvalue weighted by Gasteiger charge is 1.95. The quantitative estimate of drug-likeness (QED) is 0.214. The molecule has 0 fully saturated rings. The van der Waals surface area contributed by atoms with Gasteiger partial charge in [0.05, 0.1) is 6.61 Å². The number of aliphatic hydroxyl groups excluding tert-OH is 1. The van der Waals surface area contributed by atoms with Crippen LogP contribution in [-0.2, 0) is 18.6 Å². The number of methoxy groups -OCH3 is 1. The van der Waals surface area contributed by atoms with Crippen LogP contribution in [0.3, 0.4) is 0 Å². The molecule has 0 bridgehead atoms. The Morgan fingerprint density at radius 2 is 1.83 bits per heavy atom. The molecule has 8 heteroatoms. The van der Waals surface area contributed by atoms with E-state index in [-0.39, 0.29) is 13.6 Å². The van der Waals surface area contributed by atoms with Gasteiger partial charge in [-0.1, -0.05) is 21.6 Å². The van der Waals surface area contributed by atoms with E-state index in [9.17, 15) is 0 Å². The lowest BCUT2D eigenvalue weighted by molar-refractivity contribution is -0.0833. The highest BCUT2D eigenvalue weighted by atomic mass is 33.1. The molecule has 108 valence electrons. The highest BCUT2D eigenvalue weighted by molar-refractivity contribution is 8.76. The van der Waals surface area contributed by atoms with Crippen LogP contribution in [0.25, 0.3) is 0 Å². The molecule has 0 heterocycles. The molecule has 0 aromatic heterocycles. The Hall–Kier alpha value is 0.717. The van der Waals surface area contributed by atoms with Crippen molar-refractivity contribution in [1.29, 1.82) is 0 Å². The van der Waals surface area contributed by atoms with Crippen molar-refractivity contribution in [1.82, 2.24) is 0 Å². The molecule has 0 amide bonds. The summed E-state index contributed by atoms with van der Waals surface area (Å²) in [5.41, 5.74) is 0. The number of aliphatic hydroxyl groups is 1. The molecule has 0 rings (SSSR count). The molecule has 5 nitrogen and oxygen atoms in total. The molecule has 0 saturated carbocycles. The van der Waals surface area contributed by atoms with Crippen LogP contribution in [0.2, 0.25) is 6.04 Å². The van der Waals surface area contributed by atoms with E-state index in [0.717, 1.165) is 30.4 Å². The third-order valence-electron chi connectivity index (χ3n) is 1.64. The van der Waals surface area contributed by atoms with Gasteiger partial charge in [-0.2, -0.15) is 0 Å². The number of hydrogen-bond donors (Lipinski definition) is 1. The third kappa shape index (κ3) is 16.7. The smallest absolute Gasteiger partial charge is 0.232 e. The summed E-state index contributed by atoms with van der Waals surface area (Å²) in [5.74, 6) is 2.20. The van der Waals surface area contributed by atoms with Crippen molar-refractivity contribution in [2.24, 2.45) is 0 Å². The van der Waals surface area contributed by atoms with Crippen LogP contribution < -0.4 is 0 Å². The number of rotatable bonds is 15. The van der Waals surface area contributed by atoms with Gasteiger partial charge in [0.1, 0.15) is 20.4 Å². The summed E-state index contributed by atoms with van der Waals surface area (Å²) < 4.78 is 19.8. The van der Waals surface area contributed by atoms with Crippen molar-refractivity contribution in [2.45, 2.75) is 18.9 Å². The summed E-state index contributed by atoms with van der Waals surface area (Å²) in [6.45, 7) is 1.07. The fourth-order valence-electron chi connectivity index (χ4n) is 0.878. The molecule has 18 heavy (non-hydrogen) atoms. The summed E-state index contributed by atoms with van der Waals surface area (Å²) in [4.78, 5) is 0. The van der Waals surface area contributed by atoms with Crippen molar-refractivity contribution < 1.29 is 23.7 Å². The lowest BCUT2D eigenvalue weighted by Gasteiger charge is -2.04. The van der Waals surface area contributed by atoms with Gasteiger partial charge in [-0.05, 0) is 18.9 Å². The van der Waals surface area contributed by atoms with E-state index in [2.05, 4.69) is 0 Å². The van der Waals surface area contributed by atoms with Gasteiger partial charge in [-0.25, -0.2) is 0 Å². The van der Waals surface area contributed by atoms with Gasteiger partial charge < -0.3 is 23.7 Å². The summed E-state index contributed by atoms with van der Waals surface area (Å²) in [5, 5.41) is 8.40. The van der Waals surface area contributed by atoms with Crippen LogP contribution in [0.15, 0.2) is 0 Å². The monoisotopic (exact) mass is 314 g/mol. The van der Waals surface area contributed by atoms with E-state index in [4.69, 9.17) is 23.7 Å². The fraction of sp³-hybridized carbons (Fsp3) is 1.00. The van der Waals surface area contributed by atoms with E-state index in [1.54, 1.807) is 7.11 Å². The second-order valence-corrected chi connectivity index (χ2v) is 6.94. The lowest BCUT2D eigenvalue weighted by Crippen LogP contribution is -2.06. The molecule has 0 unspecified atom stereocenters. The molecule has 2 radical (unpaired) electrons. The van der Waals surface area contributed by atoms with E-state index in [1.807, 2.05) is 21.6 Å². The molecule has 1 N–H and O–H groups in total. The third-order valence-corrected chi connectivity index (χ3v) is 5.10. The zero-order chi connectivity index (χ0) is 13.3. The van der Waals surface area contributed by atoms with Crippen LogP contribution in [0, 0.1) is 0 Å². The lowest BCUT2D eigenvalue weighted by atomic mass is 10.5. The predicted octanol–water partition coefficient (Wildman–Crippen LogP) is 1.75. The Morgan fingerprint density at radius 3 is 2.56 bits per heavy atom. The summed E-state index contributed by atoms with van der Waals surface area (Å²) in [6, 6.07) is 1.08. The Balaban J connectivity index is 2.86. The molecule has 0 saturated heterocycles. The molecular formula is C10H22O5S2Si. The van der Waals surface area contributed by atoms with Crippen molar-refractivity contribution in [2.75, 3.05) is 45.6 Å². The Morgan fingerprint density at radius 1 is 1.06 bits per heavy atom. The van der Waals surface area contributed by atoms with Crippen LogP contribution in [-0.4, -0.2) is 60.5 Å². The second-order valence-electron chi connectivity index (χ2n) is 3.16. The summed E-state index contributed by atoms with van der Waals surface area (Å²) >= 11 is 0. The zero-order valence-corrected chi connectivity index (χ0v) is 13.4. The van der Waals surface area contributed by atoms with Gasteiger partial charge in [0.2, 0.25) is 9.76 Å². The van der Waals surface area contributed by atoms with E-state index >= 15 is 0 Å². The fourth-order valence-corrected chi connectivity index (χ4v) is 3.91. The maximum atomic E-state index is 8.40. The zero-order valence-electron chi connectivity index (χ0n) is 10.8. The topological polar surface area (TPSA) is 57.2 Å². The van der Waals surface area contributed by atoms with E-state index < -0.39 is 0 Å². The van der Waals surface area contributed by atoms with Gasteiger partial charge >= 0.3 is 0 Å². The molecule has 0 aromatic rings. The minimum Gasteiger partial charge on any atom is -0.395 e. The Kier molecular flexibility index (Phi) is 18.4. The number of hydrogen-bond acceptors (Lipinski definition) is 7. The van der Waals surface area contributed by atoms with E-state index in [1.165, 1.54) is 0 Å². The van der Waals surface area contributed by atoms with Crippen molar-refractivity contribution in [3.05, 3.63) is 0 Å². The van der Waals surface area contributed by atoms with E-state index in [0.29, 0.717) is 23.2 Å². The minimum atomic E-state index is -0.174. The Bertz CT molecular complexity index is 140. The molecule has 0 aliphatic heterocycles. The first kappa shape index (κ1) is 18.7. The average molecular weight is 315 g/mol. The van der Waals surface area contributed by atoms with Crippen molar-refractivity contribution >= 4 is 31.4 Å². The van der Waals surface area contributed by atoms with Gasteiger partial charge in [-0.15, -0.1) is 0 Å². The van der Waals surface area contributed by atoms with Crippen LogP contribution in [0.5, 0.6) is 0 Å². The normalized spacial score (nSPS) is 11.0. The molecule has 0 spiro atoms. The first-order chi connectivity index (χ1) is 8.91. The SMILES string of the molecule is COCOCO[Si]CCCSSCCCOCO.